The summed E-state index contributed by atoms with van der Waals surface area (Å²) in [4.78, 5) is 56.3. The van der Waals surface area contributed by atoms with Crippen molar-refractivity contribution < 1.29 is 38.1 Å². The molecule has 0 radical (unpaired) electrons. The smallest absolute Gasteiger partial charge is 0.258 e. The SMILES string of the molecule is CCOCC(=O)N1CCC(C(=O)N2CC[C@H]3Oc4ccc(cc4)CNC(=O)COc4cccc(c4)-c4cc(ccc4OC)C(=O)N[C@@H]3C2)CC1. The minimum absolute atomic E-state index is 0.0290. The van der Waals surface area contributed by atoms with Crippen molar-refractivity contribution in [3.05, 3.63) is 77.9 Å². The molecule has 0 aliphatic carbocycles. The third kappa shape index (κ3) is 8.36. The average molecular weight is 685 g/mol. The van der Waals surface area contributed by atoms with Gasteiger partial charge in [0.2, 0.25) is 11.8 Å². The third-order valence-electron chi connectivity index (χ3n) is 9.48. The van der Waals surface area contributed by atoms with Gasteiger partial charge in [-0.25, -0.2) is 0 Å². The number of nitrogens with one attached hydrogen (secondary N) is 2. The molecule has 12 nitrogen and oxygen atoms in total. The largest absolute Gasteiger partial charge is 0.496 e. The highest BCUT2D eigenvalue weighted by Gasteiger charge is 2.37. The number of carbonyl (C=O) groups is 4. The summed E-state index contributed by atoms with van der Waals surface area (Å²) in [5.41, 5.74) is 2.74. The second-order valence-electron chi connectivity index (χ2n) is 12.8. The van der Waals surface area contributed by atoms with Crippen molar-refractivity contribution in [1.82, 2.24) is 20.4 Å². The van der Waals surface area contributed by atoms with Crippen LogP contribution in [0, 0.1) is 5.92 Å². The van der Waals surface area contributed by atoms with Crippen molar-refractivity contribution in [2.24, 2.45) is 5.92 Å². The summed E-state index contributed by atoms with van der Waals surface area (Å²) < 4.78 is 23.2. The van der Waals surface area contributed by atoms with Crippen LogP contribution in [0.15, 0.2) is 66.7 Å². The van der Waals surface area contributed by atoms with E-state index in [1.54, 1.807) is 42.3 Å². The van der Waals surface area contributed by atoms with Crippen LogP contribution in [0.2, 0.25) is 0 Å². The molecule has 4 heterocycles. The molecule has 4 aliphatic heterocycles. The van der Waals surface area contributed by atoms with E-state index >= 15 is 0 Å². The van der Waals surface area contributed by atoms with Crippen LogP contribution in [-0.4, -0.2) is 98.7 Å². The van der Waals surface area contributed by atoms with Crippen molar-refractivity contribution in [2.75, 3.05) is 53.1 Å². The van der Waals surface area contributed by atoms with Gasteiger partial charge in [0.1, 0.15) is 30.0 Å². The van der Waals surface area contributed by atoms with E-state index in [2.05, 4.69) is 10.6 Å². The number of methoxy groups -OCH3 is 1. The lowest BCUT2D eigenvalue weighted by Crippen LogP contribution is -2.59. The molecule has 3 aromatic rings. The lowest BCUT2D eigenvalue weighted by molar-refractivity contribution is -0.144. The van der Waals surface area contributed by atoms with Gasteiger partial charge in [0.25, 0.3) is 11.8 Å². The van der Waals surface area contributed by atoms with E-state index in [1.807, 2.05) is 48.2 Å². The maximum atomic E-state index is 13.9. The lowest BCUT2D eigenvalue weighted by Gasteiger charge is -2.41. The maximum absolute atomic E-state index is 13.9. The van der Waals surface area contributed by atoms with Gasteiger partial charge in [-0.2, -0.15) is 0 Å². The van der Waals surface area contributed by atoms with Crippen molar-refractivity contribution in [1.29, 1.82) is 0 Å². The fourth-order valence-electron chi connectivity index (χ4n) is 6.67. The van der Waals surface area contributed by atoms with Gasteiger partial charge in [0.05, 0.1) is 13.2 Å². The first kappa shape index (κ1) is 34.8. The number of rotatable bonds is 5. The number of likely N-dealkylation sites (tertiary alicyclic amines) is 2. The minimum Gasteiger partial charge on any atom is -0.496 e. The van der Waals surface area contributed by atoms with Gasteiger partial charge in [0.15, 0.2) is 6.61 Å². The fraction of sp³-hybridized carbons (Fsp3) is 0.421. The van der Waals surface area contributed by atoms with E-state index in [0.717, 1.165) is 11.1 Å². The lowest BCUT2D eigenvalue weighted by atomic mass is 9.93. The summed E-state index contributed by atoms with van der Waals surface area (Å²) in [5, 5.41) is 6.07. The predicted octanol–water partition coefficient (Wildman–Crippen LogP) is 3.42. The summed E-state index contributed by atoms with van der Waals surface area (Å²) in [6.45, 7) is 4.34. The highest BCUT2D eigenvalue weighted by atomic mass is 16.5. The summed E-state index contributed by atoms with van der Waals surface area (Å²) in [7, 11) is 1.57. The second-order valence-corrected chi connectivity index (χ2v) is 12.8. The summed E-state index contributed by atoms with van der Waals surface area (Å²) in [6, 6.07) is 19.4. The standard InChI is InChI=1S/C38H44N4O8/c1-3-48-24-36(44)41-16-13-26(14-17-41)38(46)42-18-15-34-32(22-42)40-37(45)28-9-12-33(47-2)31(20-28)27-5-4-6-30(19-27)49-23-35(43)39-21-25-7-10-29(50-34)11-8-25/h4-12,19-20,26,32,34H,3,13-18,21-24H2,1-2H3,(H,39,43)(H,40,45)/t32-,34-/m1/s1. The van der Waals surface area contributed by atoms with Crippen LogP contribution in [0.25, 0.3) is 11.1 Å². The molecule has 3 aromatic carbocycles. The van der Waals surface area contributed by atoms with Crippen LogP contribution in [0.5, 0.6) is 17.2 Å². The number of amides is 4. The van der Waals surface area contributed by atoms with Crippen molar-refractivity contribution in [3.8, 4) is 28.4 Å². The first-order valence-electron chi connectivity index (χ1n) is 17.2. The minimum atomic E-state index is -0.500. The zero-order valence-corrected chi connectivity index (χ0v) is 28.5. The molecule has 6 bridgehead atoms. The average Bonchev–Trinajstić information content (AvgIpc) is 3.15. The summed E-state index contributed by atoms with van der Waals surface area (Å²) >= 11 is 0. The molecule has 2 N–H and O–H groups in total. The molecule has 0 spiro atoms. The van der Waals surface area contributed by atoms with Crippen molar-refractivity contribution in [2.45, 2.75) is 44.9 Å². The molecular weight excluding hydrogens is 640 g/mol. The van der Waals surface area contributed by atoms with Crippen LogP contribution >= 0.6 is 0 Å². The number of fused-ring (bicyclic) bond motifs is 7. The Hall–Kier alpha value is -5.10. The van der Waals surface area contributed by atoms with Crippen LogP contribution in [-0.2, 0) is 25.7 Å². The number of hydrogen-bond acceptors (Lipinski definition) is 8. The van der Waals surface area contributed by atoms with E-state index in [-0.39, 0.29) is 49.3 Å². The Bertz CT molecular complexity index is 1690. The van der Waals surface area contributed by atoms with Crippen LogP contribution in [0.3, 0.4) is 0 Å². The second kappa shape index (κ2) is 16.1. The van der Waals surface area contributed by atoms with E-state index < -0.39 is 12.1 Å². The Morgan fingerprint density at radius 3 is 2.44 bits per heavy atom. The highest BCUT2D eigenvalue weighted by Crippen LogP contribution is 2.33. The first-order chi connectivity index (χ1) is 24.3. The van der Waals surface area contributed by atoms with Gasteiger partial charge in [-0.3, -0.25) is 19.2 Å². The third-order valence-corrected chi connectivity index (χ3v) is 9.48. The predicted molar refractivity (Wildman–Crippen MR) is 185 cm³/mol. The molecule has 7 rings (SSSR count). The van der Waals surface area contributed by atoms with E-state index in [1.165, 1.54) is 0 Å². The molecule has 2 atom stereocenters. The van der Waals surface area contributed by atoms with Gasteiger partial charge in [-0.05, 0) is 73.4 Å². The number of piperidine rings is 2. The molecule has 264 valence electrons. The summed E-state index contributed by atoms with van der Waals surface area (Å²) in [5.74, 6) is 0.900. The zero-order valence-electron chi connectivity index (χ0n) is 28.5. The van der Waals surface area contributed by atoms with Gasteiger partial charge >= 0.3 is 0 Å². The molecule has 2 saturated heterocycles. The number of nitrogens with zero attached hydrogens (tertiary/aromatic N) is 2. The number of ether oxygens (including phenoxy) is 4. The molecule has 0 saturated carbocycles. The monoisotopic (exact) mass is 684 g/mol. The van der Waals surface area contributed by atoms with E-state index in [0.29, 0.717) is 80.4 Å². The molecule has 2 fully saturated rings. The molecule has 0 aromatic heterocycles. The molecular formula is C38H44N4O8. The highest BCUT2D eigenvalue weighted by molar-refractivity contribution is 5.96. The number of hydrogen-bond donors (Lipinski definition) is 2. The molecule has 4 amide bonds. The van der Waals surface area contributed by atoms with Crippen molar-refractivity contribution in [3.63, 3.8) is 0 Å². The van der Waals surface area contributed by atoms with Crippen LogP contribution in [0.4, 0.5) is 0 Å². The normalized spacial score (nSPS) is 20.0. The van der Waals surface area contributed by atoms with E-state index in [9.17, 15) is 19.2 Å². The van der Waals surface area contributed by atoms with Gasteiger partial charge in [0, 0.05) is 62.8 Å². The molecule has 4 aliphatic rings. The Morgan fingerprint density at radius 1 is 0.900 bits per heavy atom. The van der Waals surface area contributed by atoms with Crippen LogP contribution < -0.4 is 24.8 Å². The maximum Gasteiger partial charge on any atom is 0.258 e. The topological polar surface area (TPSA) is 136 Å². The first-order valence-corrected chi connectivity index (χ1v) is 17.2. The quantitative estimate of drug-likeness (QED) is 0.418. The Kier molecular flexibility index (Phi) is 11.2. The Labute approximate surface area is 292 Å². The van der Waals surface area contributed by atoms with Gasteiger partial charge < -0.3 is 39.4 Å². The van der Waals surface area contributed by atoms with E-state index in [4.69, 9.17) is 18.9 Å². The Morgan fingerprint density at radius 2 is 1.68 bits per heavy atom. The number of carbonyl (C=O) groups excluding carboxylic acids is 4. The molecule has 50 heavy (non-hydrogen) atoms. The molecule has 0 unspecified atom stereocenters. The van der Waals surface area contributed by atoms with Crippen molar-refractivity contribution >= 4 is 23.6 Å². The summed E-state index contributed by atoms with van der Waals surface area (Å²) in [6.07, 6.45) is 1.28. The fourth-order valence-corrected chi connectivity index (χ4v) is 6.67. The van der Waals surface area contributed by atoms with Gasteiger partial charge in [-0.15, -0.1) is 0 Å². The Balaban J connectivity index is 1.24. The van der Waals surface area contributed by atoms with Gasteiger partial charge in [-0.1, -0.05) is 24.3 Å². The van der Waals surface area contributed by atoms with Crippen LogP contribution in [0.1, 0.15) is 42.1 Å². The number of benzene rings is 3. The molecule has 12 heteroatoms. The zero-order chi connectivity index (χ0) is 35.0.